The van der Waals surface area contributed by atoms with E-state index in [0.717, 1.165) is 6.54 Å². The summed E-state index contributed by atoms with van der Waals surface area (Å²) in [4.78, 5) is 0. The fourth-order valence-electron chi connectivity index (χ4n) is 1.65. The van der Waals surface area contributed by atoms with Crippen molar-refractivity contribution in [3.05, 3.63) is 24.0 Å². The zero-order chi connectivity index (χ0) is 10.1. The number of hydrogen-bond donors (Lipinski definition) is 0. The highest BCUT2D eigenvalue weighted by atomic mass is 15.0. The summed E-state index contributed by atoms with van der Waals surface area (Å²) in [6.07, 6.45) is 2.18. The summed E-state index contributed by atoms with van der Waals surface area (Å²) in [5.74, 6) is 0.716. The molecule has 1 nitrogen and oxygen atoms in total. The third-order valence-electron chi connectivity index (χ3n) is 2.16. The van der Waals surface area contributed by atoms with Crippen LogP contribution >= 0.6 is 0 Å². The van der Waals surface area contributed by atoms with Gasteiger partial charge in [-0.2, -0.15) is 0 Å². The first-order chi connectivity index (χ1) is 5.91. The van der Waals surface area contributed by atoms with Crippen LogP contribution in [0.5, 0.6) is 0 Å². The predicted octanol–water partition coefficient (Wildman–Crippen LogP) is 3.44. The Morgan fingerprint density at radius 1 is 1.31 bits per heavy atom. The van der Waals surface area contributed by atoms with Gasteiger partial charge >= 0.3 is 0 Å². The summed E-state index contributed by atoms with van der Waals surface area (Å²) in [5, 5.41) is 0. The van der Waals surface area contributed by atoms with Crippen LogP contribution in [0.3, 0.4) is 0 Å². The molecule has 1 rings (SSSR count). The van der Waals surface area contributed by atoms with E-state index >= 15 is 0 Å². The number of rotatable bonds is 2. The van der Waals surface area contributed by atoms with Crippen molar-refractivity contribution in [2.75, 3.05) is 0 Å². The lowest BCUT2D eigenvalue weighted by Crippen LogP contribution is -2.18. The SMILES string of the molecule is CC(C)Cn1cccc1C(C)(C)C. The van der Waals surface area contributed by atoms with Gasteiger partial charge in [-0.3, -0.25) is 0 Å². The third-order valence-corrected chi connectivity index (χ3v) is 2.16. The van der Waals surface area contributed by atoms with Crippen LogP contribution in [-0.4, -0.2) is 4.57 Å². The molecule has 0 fully saturated rings. The molecule has 1 heteroatoms. The van der Waals surface area contributed by atoms with Crippen molar-refractivity contribution in [3.63, 3.8) is 0 Å². The Morgan fingerprint density at radius 3 is 2.38 bits per heavy atom. The van der Waals surface area contributed by atoms with Gasteiger partial charge < -0.3 is 4.57 Å². The Morgan fingerprint density at radius 2 is 1.92 bits per heavy atom. The highest BCUT2D eigenvalue weighted by Gasteiger charge is 2.17. The van der Waals surface area contributed by atoms with Gasteiger partial charge in [0.1, 0.15) is 0 Å². The number of hydrogen-bond acceptors (Lipinski definition) is 0. The van der Waals surface area contributed by atoms with Crippen LogP contribution in [0.1, 0.15) is 40.3 Å². The van der Waals surface area contributed by atoms with E-state index in [1.165, 1.54) is 5.69 Å². The molecule has 0 unspecified atom stereocenters. The minimum absolute atomic E-state index is 0.262. The highest BCUT2D eigenvalue weighted by molar-refractivity contribution is 5.16. The Hall–Kier alpha value is -0.720. The van der Waals surface area contributed by atoms with Crippen molar-refractivity contribution in [2.45, 2.75) is 46.6 Å². The molecular formula is C12H21N. The number of aromatic nitrogens is 1. The highest BCUT2D eigenvalue weighted by Crippen LogP contribution is 2.23. The van der Waals surface area contributed by atoms with E-state index < -0.39 is 0 Å². The zero-order valence-electron chi connectivity index (χ0n) is 9.46. The van der Waals surface area contributed by atoms with Crippen LogP contribution in [0.2, 0.25) is 0 Å². The van der Waals surface area contributed by atoms with Gasteiger partial charge in [0.15, 0.2) is 0 Å². The van der Waals surface area contributed by atoms with E-state index in [-0.39, 0.29) is 5.41 Å². The van der Waals surface area contributed by atoms with Crippen molar-refractivity contribution in [1.82, 2.24) is 4.57 Å². The Balaban J connectivity index is 2.90. The molecule has 0 N–H and O–H groups in total. The molecule has 0 saturated heterocycles. The van der Waals surface area contributed by atoms with Crippen molar-refractivity contribution in [3.8, 4) is 0 Å². The van der Waals surface area contributed by atoms with E-state index in [1.54, 1.807) is 0 Å². The average Bonchev–Trinajstić information content (AvgIpc) is 2.31. The molecule has 0 spiro atoms. The molecule has 74 valence electrons. The minimum atomic E-state index is 0.262. The Kier molecular flexibility index (Phi) is 2.84. The van der Waals surface area contributed by atoms with Gasteiger partial charge in [0.25, 0.3) is 0 Å². The molecule has 0 radical (unpaired) electrons. The van der Waals surface area contributed by atoms with Gasteiger partial charge in [-0.1, -0.05) is 34.6 Å². The maximum atomic E-state index is 2.37. The zero-order valence-corrected chi connectivity index (χ0v) is 9.46. The van der Waals surface area contributed by atoms with Crippen LogP contribution in [0, 0.1) is 5.92 Å². The van der Waals surface area contributed by atoms with Crippen molar-refractivity contribution in [2.24, 2.45) is 5.92 Å². The Labute approximate surface area is 81.8 Å². The monoisotopic (exact) mass is 179 g/mol. The topological polar surface area (TPSA) is 4.93 Å². The van der Waals surface area contributed by atoms with Gasteiger partial charge in [-0.25, -0.2) is 0 Å². The molecule has 0 amide bonds. The lowest BCUT2D eigenvalue weighted by atomic mass is 9.92. The van der Waals surface area contributed by atoms with Gasteiger partial charge in [-0.05, 0) is 18.1 Å². The van der Waals surface area contributed by atoms with Crippen LogP contribution < -0.4 is 0 Å². The summed E-state index contributed by atoms with van der Waals surface area (Å²) in [7, 11) is 0. The fraction of sp³-hybridized carbons (Fsp3) is 0.667. The van der Waals surface area contributed by atoms with E-state index in [0.29, 0.717) is 5.92 Å². The smallest absolute Gasteiger partial charge is 0.0245 e. The van der Waals surface area contributed by atoms with Gasteiger partial charge in [-0.15, -0.1) is 0 Å². The van der Waals surface area contributed by atoms with Crippen LogP contribution in [0.4, 0.5) is 0 Å². The predicted molar refractivity (Wildman–Crippen MR) is 58.0 cm³/mol. The van der Waals surface area contributed by atoms with Gasteiger partial charge in [0, 0.05) is 23.9 Å². The molecule has 13 heavy (non-hydrogen) atoms. The van der Waals surface area contributed by atoms with Crippen LogP contribution in [-0.2, 0) is 12.0 Å². The summed E-state index contributed by atoms with van der Waals surface area (Å²) < 4.78 is 2.37. The van der Waals surface area contributed by atoms with Crippen molar-refractivity contribution in [1.29, 1.82) is 0 Å². The van der Waals surface area contributed by atoms with E-state index in [4.69, 9.17) is 0 Å². The molecule has 0 atom stereocenters. The summed E-state index contributed by atoms with van der Waals surface area (Å²) in [6.45, 7) is 12.4. The molecular weight excluding hydrogens is 158 g/mol. The quantitative estimate of drug-likeness (QED) is 0.655. The van der Waals surface area contributed by atoms with E-state index in [9.17, 15) is 0 Å². The Bertz CT molecular complexity index is 263. The second-order valence-corrected chi connectivity index (χ2v) is 5.19. The van der Waals surface area contributed by atoms with Crippen molar-refractivity contribution < 1.29 is 0 Å². The molecule has 0 aromatic carbocycles. The lowest BCUT2D eigenvalue weighted by Gasteiger charge is -2.22. The maximum Gasteiger partial charge on any atom is 0.0245 e. The van der Waals surface area contributed by atoms with Crippen LogP contribution in [0.25, 0.3) is 0 Å². The normalized spacial score (nSPS) is 12.5. The third kappa shape index (κ3) is 2.61. The molecule has 1 aromatic heterocycles. The second-order valence-electron chi connectivity index (χ2n) is 5.19. The first-order valence-corrected chi connectivity index (χ1v) is 5.07. The van der Waals surface area contributed by atoms with Crippen LogP contribution in [0.15, 0.2) is 18.3 Å². The van der Waals surface area contributed by atoms with E-state index in [2.05, 4.69) is 57.5 Å². The lowest BCUT2D eigenvalue weighted by molar-refractivity contribution is 0.463. The van der Waals surface area contributed by atoms with Crippen molar-refractivity contribution >= 4 is 0 Å². The van der Waals surface area contributed by atoms with Gasteiger partial charge in [0.05, 0.1) is 0 Å². The molecule has 0 aliphatic heterocycles. The fourth-order valence-corrected chi connectivity index (χ4v) is 1.65. The summed E-state index contributed by atoms with van der Waals surface area (Å²) in [6, 6.07) is 4.37. The number of nitrogens with zero attached hydrogens (tertiary/aromatic N) is 1. The summed E-state index contributed by atoms with van der Waals surface area (Å²) >= 11 is 0. The summed E-state index contributed by atoms with van der Waals surface area (Å²) in [5.41, 5.74) is 1.69. The average molecular weight is 179 g/mol. The first kappa shape index (κ1) is 10.4. The first-order valence-electron chi connectivity index (χ1n) is 5.07. The molecule has 1 heterocycles. The largest absolute Gasteiger partial charge is 0.351 e. The minimum Gasteiger partial charge on any atom is -0.351 e. The maximum absolute atomic E-state index is 2.37. The van der Waals surface area contributed by atoms with E-state index in [1.807, 2.05) is 0 Å². The standard InChI is InChI=1S/C12H21N/c1-10(2)9-13-8-6-7-11(13)12(3,4)5/h6-8,10H,9H2,1-5H3. The van der Waals surface area contributed by atoms with Gasteiger partial charge in [0.2, 0.25) is 0 Å². The second kappa shape index (κ2) is 3.57. The molecule has 0 saturated carbocycles. The molecule has 1 aromatic rings. The molecule has 0 aliphatic carbocycles. The molecule has 0 aliphatic rings. The molecule has 0 bridgehead atoms.